The van der Waals surface area contributed by atoms with E-state index in [0.29, 0.717) is 17.2 Å². The molecule has 154 valence electrons. The number of carbonyl (C=O) groups excluding carboxylic acids is 2. The zero-order valence-electron chi connectivity index (χ0n) is 17.1. The molecule has 1 aliphatic heterocycles. The molecule has 3 rings (SSSR count). The average Bonchev–Trinajstić information content (AvgIpc) is 3.30. The molecule has 1 aliphatic rings. The first kappa shape index (κ1) is 21.1. The van der Waals surface area contributed by atoms with E-state index in [4.69, 9.17) is 4.74 Å². The zero-order valence-corrected chi connectivity index (χ0v) is 17.9. The van der Waals surface area contributed by atoms with E-state index in [1.165, 1.54) is 11.3 Å². The van der Waals surface area contributed by atoms with Crippen LogP contribution in [0.3, 0.4) is 0 Å². The number of rotatable bonds is 9. The smallest absolute Gasteiger partial charge is 0.290 e. The maximum Gasteiger partial charge on any atom is 0.290 e. The Morgan fingerprint density at radius 1 is 1.24 bits per heavy atom. The summed E-state index contributed by atoms with van der Waals surface area (Å²) in [6.45, 7) is 6.47. The van der Waals surface area contributed by atoms with Gasteiger partial charge in [0.25, 0.3) is 5.91 Å². The van der Waals surface area contributed by atoms with Crippen molar-refractivity contribution in [2.24, 2.45) is 0 Å². The third-order valence-electron chi connectivity index (χ3n) is 4.84. The number of hydrogen-bond donors (Lipinski definition) is 1. The van der Waals surface area contributed by atoms with Gasteiger partial charge in [-0.25, -0.2) is 0 Å². The summed E-state index contributed by atoms with van der Waals surface area (Å²) in [4.78, 5) is 28.2. The Bertz CT molecular complexity index is 901. The largest absolute Gasteiger partial charge is 0.503 e. The molecule has 1 amide bonds. The molecule has 1 aromatic carbocycles. The maximum absolute atomic E-state index is 13.2. The molecule has 1 aromatic heterocycles. The summed E-state index contributed by atoms with van der Waals surface area (Å²) in [7, 11) is 0. The second-order valence-electron chi connectivity index (χ2n) is 7.42. The number of hydrogen-bond acceptors (Lipinski definition) is 5. The molecule has 0 spiro atoms. The minimum absolute atomic E-state index is 0.00674. The Balaban J connectivity index is 2.03. The van der Waals surface area contributed by atoms with Gasteiger partial charge < -0.3 is 14.7 Å². The summed E-state index contributed by atoms with van der Waals surface area (Å²) in [5.74, 6) is -0.557. The van der Waals surface area contributed by atoms with Gasteiger partial charge in [0.2, 0.25) is 5.78 Å². The van der Waals surface area contributed by atoms with Gasteiger partial charge in [-0.3, -0.25) is 9.59 Å². The lowest BCUT2D eigenvalue weighted by atomic mass is 9.95. The Labute approximate surface area is 175 Å². The topological polar surface area (TPSA) is 66.8 Å². The van der Waals surface area contributed by atoms with Crippen LogP contribution in [-0.2, 0) is 4.79 Å². The lowest BCUT2D eigenvalue weighted by Crippen LogP contribution is -2.32. The Morgan fingerprint density at radius 2 is 2.03 bits per heavy atom. The Kier molecular flexibility index (Phi) is 6.75. The Morgan fingerprint density at radius 3 is 2.69 bits per heavy atom. The lowest BCUT2D eigenvalue weighted by Gasteiger charge is -2.27. The van der Waals surface area contributed by atoms with E-state index >= 15 is 0 Å². The highest BCUT2D eigenvalue weighted by molar-refractivity contribution is 7.12. The fraction of sp³-hybridized carbons (Fsp3) is 0.391. The van der Waals surface area contributed by atoms with Crippen LogP contribution in [0.2, 0.25) is 0 Å². The van der Waals surface area contributed by atoms with Crippen molar-refractivity contribution >= 4 is 23.0 Å². The number of amides is 1. The molecule has 2 heterocycles. The molecule has 0 aliphatic carbocycles. The molecule has 0 saturated carbocycles. The first-order valence-electron chi connectivity index (χ1n) is 10.0. The van der Waals surface area contributed by atoms with Crippen LogP contribution in [0.15, 0.2) is 53.1 Å². The molecular formula is C23H27NO4S. The number of carbonyl (C=O) groups is 2. The Hall–Kier alpha value is -2.60. The van der Waals surface area contributed by atoms with Crippen molar-refractivity contribution in [1.29, 1.82) is 0 Å². The van der Waals surface area contributed by atoms with Crippen LogP contribution < -0.4 is 4.74 Å². The molecule has 1 atom stereocenters. The molecule has 6 heteroatoms. The van der Waals surface area contributed by atoms with Crippen molar-refractivity contribution in [1.82, 2.24) is 4.90 Å². The van der Waals surface area contributed by atoms with Gasteiger partial charge in [-0.15, -0.1) is 11.3 Å². The monoisotopic (exact) mass is 413 g/mol. The number of Topliss-reactive ketones (excluding diaryl/α,β-unsaturated/α-hetero) is 1. The van der Waals surface area contributed by atoms with Gasteiger partial charge in [-0.1, -0.05) is 38.0 Å². The molecule has 0 fully saturated rings. The van der Waals surface area contributed by atoms with Gasteiger partial charge in [-0.05, 0) is 49.4 Å². The second-order valence-corrected chi connectivity index (χ2v) is 8.36. The number of aliphatic hydroxyl groups is 1. The van der Waals surface area contributed by atoms with E-state index in [-0.39, 0.29) is 17.5 Å². The number of aliphatic hydroxyl groups excluding tert-OH is 1. The molecular weight excluding hydrogens is 386 g/mol. The standard InChI is InChI=1S/C23H27NO4S/c1-4-5-6-12-24-20(16-9-7-10-17(14-16)28-15(2)3)19(22(26)23(24)27)21(25)18-11-8-13-29-18/h7-11,13-15,20,26H,4-6,12H2,1-3H3. The highest BCUT2D eigenvalue weighted by atomic mass is 32.1. The molecule has 0 radical (unpaired) electrons. The van der Waals surface area contributed by atoms with E-state index in [2.05, 4.69) is 6.92 Å². The molecule has 1 N–H and O–H groups in total. The van der Waals surface area contributed by atoms with Gasteiger partial charge in [0, 0.05) is 6.54 Å². The van der Waals surface area contributed by atoms with Crippen molar-refractivity contribution in [3.8, 4) is 5.75 Å². The summed E-state index contributed by atoms with van der Waals surface area (Å²) in [5, 5.41) is 12.5. The van der Waals surface area contributed by atoms with Gasteiger partial charge >= 0.3 is 0 Å². The first-order valence-corrected chi connectivity index (χ1v) is 10.9. The molecule has 0 saturated heterocycles. The minimum atomic E-state index is -0.621. The number of ether oxygens (including phenoxy) is 1. The second kappa shape index (κ2) is 9.27. The van der Waals surface area contributed by atoms with Gasteiger partial charge in [-0.2, -0.15) is 0 Å². The summed E-state index contributed by atoms with van der Waals surface area (Å²) in [6, 6.07) is 10.3. The number of thiophene rings is 1. The van der Waals surface area contributed by atoms with E-state index in [1.807, 2.05) is 43.5 Å². The van der Waals surface area contributed by atoms with Gasteiger partial charge in [0.1, 0.15) is 5.75 Å². The van der Waals surface area contributed by atoms with Crippen molar-refractivity contribution in [2.75, 3.05) is 6.54 Å². The molecule has 5 nitrogen and oxygen atoms in total. The lowest BCUT2D eigenvalue weighted by molar-refractivity contribution is -0.129. The van der Waals surface area contributed by atoms with E-state index < -0.39 is 17.7 Å². The normalized spacial score (nSPS) is 16.8. The highest BCUT2D eigenvalue weighted by Crippen LogP contribution is 2.40. The summed E-state index contributed by atoms with van der Waals surface area (Å²) < 4.78 is 5.80. The fourth-order valence-electron chi connectivity index (χ4n) is 3.57. The predicted molar refractivity (Wildman–Crippen MR) is 114 cm³/mol. The van der Waals surface area contributed by atoms with Gasteiger partial charge in [0.15, 0.2) is 5.76 Å². The molecule has 2 aromatic rings. The summed E-state index contributed by atoms with van der Waals surface area (Å²) in [6.07, 6.45) is 2.81. The number of nitrogens with zero attached hydrogens (tertiary/aromatic N) is 1. The van der Waals surface area contributed by atoms with Crippen LogP contribution >= 0.6 is 11.3 Å². The predicted octanol–water partition coefficient (Wildman–Crippen LogP) is 5.30. The number of ketones is 1. The number of benzene rings is 1. The SMILES string of the molecule is CCCCCN1C(=O)C(O)=C(C(=O)c2cccs2)C1c1cccc(OC(C)C)c1. The van der Waals surface area contributed by atoms with Gasteiger partial charge in [0.05, 0.1) is 22.6 Å². The van der Waals surface area contributed by atoms with E-state index in [1.54, 1.807) is 17.0 Å². The quantitative estimate of drug-likeness (QED) is 0.447. The highest BCUT2D eigenvalue weighted by Gasteiger charge is 2.43. The van der Waals surface area contributed by atoms with E-state index in [9.17, 15) is 14.7 Å². The molecule has 0 bridgehead atoms. The summed E-state index contributed by atoms with van der Waals surface area (Å²) in [5.41, 5.74) is 0.910. The fourth-order valence-corrected chi connectivity index (χ4v) is 4.24. The maximum atomic E-state index is 13.2. The zero-order chi connectivity index (χ0) is 21.0. The third kappa shape index (κ3) is 4.53. The first-order chi connectivity index (χ1) is 13.9. The molecule has 1 unspecified atom stereocenters. The molecule has 29 heavy (non-hydrogen) atoms. The van der Waals surface area contributed by atoms with Crippen LogP contribution in [0.25, 0.3) is 0 Å². The average molecular weight is 414 g/mol. The van der Waals surface area contributed by atoms with Crippen LogP contribution in [0.4, 0.5) is 0 Å². The minimum Gasteiger partial charge on any atom is -0.503 e. The van der Waals surface area contributed by atoms with Crippen LogP contribution in [-0.4, -0.2) is 34.3 Å². The van der Waals surface area contributed by atoms with Crippen molar-refractivity contribution in [3.63, 3.8) is 0 Å². The van der Waals surface area contributed by atoms with Crippen LogP contribution in [0, 0.1) is 0 Å². The van der Waals surface area contributed by atoms with Crippen molar-refractivity contribution in [2.45, 2.75) is 52.2 Å². The van der Waals surface area contributed by atoms with Crippen molar-refractivity contribution < 1.29 is 19.4 Å². The number of unbranched alkanes of at least 4 members (excludes halogenated alkanes) is 2. The van der Waals surface area contributed by atoms with Crippen molar-refractivity contribution in [3.05, 3.63) is 63.6 Å². The third-order valence-corrected chi connectivity index (χ3v) is 5.71. The van der Waals surface area contributed by atoms with E-state index in [0.717, 1.165) is 24.8 Å². The van der Waals surface area contributed by atoms with Crippen LogP contribution in [0.1, 0.15) is 61.3 Å². The summed E-state index contributed by atoms with van der Waals surface area (Å²) >= 11 is 1.30. The van der Waals surface area contributed by atoms with Crippen LogP contribution in [0.5, 0.6) is 5.75 Å².